The van der Waals surface area contributed by atoms with Gasteiger partial charge in [-0.2, -0.15) is 0 Å². The molecule has 4 amide bonds. The number of aliphatic hydroxyl groups excluding tert-OH is 1. The minimum atomic E-state index is -1.28. The van der Waals surface area contributed by atoms with Crippen LogP contribution in [0.5, 0.6) is 0 Å². The first-order valence-corrected chi connectivity index (χ1v) is 5.75. The number of rotatable bonds is 5. The van der Waals surface area contributed by atoms with Crippen molar-refractivity contribution in [3.63, 3.8) is 0 Å². The van der Waals surface area contributed by atoms with Crippen molar-refractivity contribution < 1.29 is 29.4 Å². The SMILES string of the molecule is NC(=O)CN(CC(N)=O)C(=O)N1CC(O)C[C@H]1C(=O)O. The molecular formula is C10H16N4O6. The molecule has 10 heteroatoms. The van der Waals surface area contributed by atoms with Crippen LogP contribution >= 0.6 is 0 Å². The lowest BCUT2D eigenvalue weighted by Gasteiger charge is -2.28. The summed E-state index contributed by atoms with van der Waals surface area (Å²) in [5.41, 5.74) is 9.92. The second kappa shape index (κ2) is 6.19. The molecule has 10 nitrogen and oxygen atoms in total. The number of amides is 4. The van der Waals surface area contributed by atoms with Crippen LogP contribution in [0.15, 0.2) is 0 Å². The van der Waals surface area contributed by atoms with E-state index in [9.17, 15) is 24.3 Å². The second-order valence-corrected chi connectivity index (χ2v) is 4.47. The maximum absolute atomic E-state index is 12.1. The van der Waals surface area contributed by atoms with Crippen molar-refractivity contribution in [2.45, 2.75) is 18.6 Å². The monoisotopic (exact) mass is 288 g/mol. The van der Waals surface area contributed by atoms with Crippen molar-refractivity contribution in [1.82, 2.24) is 9.80 Å². The number of carboxylic acid groups (broad SMARTS) is 1. The quantitative estimate of drug-likeness (QED) is 0.418. The standard InChI is InChI=1S/C10H16N4O6/c11-7(16)3-13(4-8(12)17)10(20)14-2-5(15)1-6(14)9(18)19/h5-6,15H,1-4H2,(H2,11,16)(H2,12,17)(H,18,19)/t5?,6-/m0/s1. The Bertz CT molecular complexity index is 423. The van der Waals surface area contributed by atoms with Crippen LogP contribution in [0.1, 0.15) is 6.42 Å². The Morgan fingerprint density at radius 2 is 1.65 bits per heavy atom. The van der Waals surface area contributed by atoms with E-state index in [1.807, 2.05) is 0 Å². The van der Waals surface area contributed by atoms with Crippen LogP contribution in [-0.4, -0.2) is 75.6 Å². The van der Waals surface area contributed by atoms with Crippen molar-refractivity contribution in [2.24, 2.45) is 11.5 Å². The van der Waals surface area contributed by atoms with Gasteiger partial charge in [0.15, 0.2) is 0 Å². The van der Waals surface area contributed by atoms with Gasteiger partial charge in [0.25, 0.3) is 0 Å². The van der Waals surface area contributed by atoms with Gasteiger partial charge in [-0.25, -0.2) is 9.59 Å². The second-order valence-electron chi connectivity index (χ2n) is 4.47. The fourth-order valence-corrected chi connectivity index (χ4v) is 2.01. The van der Waals surface area contributed by atoms with Gasteiger partial charge >= 0.3 is 12.0 Å². The highest BCUT2D eigenvalue weighted by Gasteiger charge is 2.41. The topological polar surface area (TPSA) is 167 Å². The van der Waals surface area contributed by atoms with Crippen molar-refractivity contribution in [3.8, 4) is 0 Å². The number of urea groups is 1. The molecule has 1 rings (SSSR count). The Morgan fingerprint density at radius 3 is 2.05 bits per heavy atom. The Labute approximate surface area is 113 Å². The Morgan fingerprint density at radius 1 is 1.15 bits per heavy atom. The van der Waals surface area contributed by atoms with E-state index in [2.05, 4.69) is 0 Å². The number of hydrogen-bond donors (Lipinski definition) is 4. The van der Waals surface area contributed by atoms with Crippen LogP contribution in [0.3, 0.4) is 0 Å². The van der Waals surface area contributed by atoms with Crippen LogP contribution in [0, 0.1) is 0 Å². The van der Waals surface area contributed by atoms with E-state index in [1.54, 1.807) is 0 Å². The number of primary amides is 2. The Hall–Kier alpha value is -2.36. The molecule has 0 bridgehead atoms. The molecule has 20 heavy (non-hydrogen) atoms. The molecular weight excluding hydrogens is 272 g/mol. The minimum absolute atomic E-state index is 0.123. The lowest BCUT2D eigenvalue weighted by atomic mass is 10.2. The number of carbonyl (C=O) groups is 4. The van der Waals surface area contributed by atoms with Gasteiger partial charge in [0.2, 0.25) is 11.8 Å². The van der Waals surface area contributed by atoms with Crippen LogP contribution in [0.2, 0.25) is 0 Å². The predicted octanol–water partition coefficient (Wildman–Crippen LogP) is -3.10. The van der Waals surface area contributed by atoms with Crippen molar-refractivity contribution >= 4 is 23.8 Å². The molecule has 112 valence electrons. The molecule has 1 saturated heterocycles. The first-order chi connectivity index (χ1) is 9.22. The molecule has 2 atom stereocenters. The van der Waals surface area contributed by atoms with Gasteiger partial charge in [0, 0.05) is 13.0 Å². The molecule has 1 aliphatic rings. The van der Waals surface area contributed by atoms with Gasteiger partial charge in [-0.1, -0.05) is 0 Å². The van der Waals surface area contributed by atoms with Crippen LogP contribution in [0.25, 0.3) is 0 Å². The minimum Gasteiger partial charge on any atom is -0.480 e. The molecule has 0 aromatic heterocycles. The largest absolute Gasteiger partial charge is 0.480 e. The molecule has 1 aliphatic heterocycles. The van der Waals surface area contributed by atoms with Crippen molar-refractivity contribution in [2.75, 3.05) is 19.6 Å². The van der Waals surface area contributed by atoms with Gasteiger partial charge < -0.3 is 31.5 Å². The fraction of sp³-hybridized carbons (Fsp3) is 0.600. The number of hydrogen-bond acceptors (Lipinski definition) is 5. The number of aliphatic hydroxyl groups is 1. The summed E-state index contributed by atoms with van der Waals surface area (Å²) < 4.78 is 0. The van der Waals surface area contributed by atoms with Crippen LogP contribution in [-0.2, 0) is 14.4 Å². The summed E-state index contributed by atoms with van der Waals surface area (Å²) in [7, 11) is 0. The number of carbonyl (C=O) groups excluding carboxylic acids is 3. The van der Waals surface area contributed by atoms with E-state index in [0.717, 1.165) is 9.80 Å². The van der Waals surface area contributed by atoms with Gasteiger partial charge in [0.1, 0.15) is 19.1 Å². The van der Waals surface area contributed by atoms with Gasteiger partial charge in [-0.05, 0) is 0 Å². The Balaban J connectivity index is 2.89. The van der Waals surface area contributed by atoms with Gasteiger partial charge in [-0.15, -0.1) is 0 Å². The number of likely N-dealkylation sites (tertiary alicyclic amines) is 1. The van der Waals surface area contributed by atoms with Crippen LogP contribution < -0.4 is 11.5 Å². The van der Waals surface area contributed by atoms with Crippen molar-refractivity contribution in [1.29, 1.82) is 0 Å². The first kappa shape index (κ1) is 15.7. The zero-order valence-electron chi connectivity index (χ0n) is 10.6. The molecule has 0 aromatic rings. The summed E-state index contributed by atoms with van der Waals surface area (Å²) in [6, 6.07) is -2.10. The van der Waals surface area contributed by atoms with E-state index >= 15 is 0 Å². The first-order valence-electron chi connectivity index (χ1n) is 5.75. The highest BCUT2D eigenvalue weighted by Crippen LogP contribution is 2.19. The molecule has 0 aliphatic carbocycles. The van der Waals surface area contributed by atoms with E-state index in [-0.39, 0.29) is 13.0 Å². The highest BCUT2D eigenvalue weighted by molar-refractivity contribution is 5.89. The summed E-state index contributed by atoms with van der Waals surface area (Å²) in [5, 5.41) is 18.4. The number of nitrogens with zero attached hydrogens (tertiary/aromatic N) is 2. The van der Waals surface area contributed by atoms with Crippen LogP contribution in [0.4, 0.5) is 4.79 Å². The molecule has 1 fully saturated rings. The third-order valence-corrected chi connectivity index (χ3v) is 2.77. The van der Waals surface area contributed by atoms with Gasteiger partial charge in [-0.3, -0.25) is 9.59 Å². The number of carboxylic acids is 1. The van der Waals surface area contributed by atoms with Crippen molar-refractivity contribution in [3.05, 3.63) is 0 Å². The summed E-state index contributed by atoms with van der Waals surface area (Å²) >= 11 is 0. The summed E-state index contributed by atoms with van der Waals surface area (Å²) in [4.78, 5) is 46.5. The third-order valence-electron chi connectivity index (χ3n) is 2.77. The predicted molar refractivity (Wildman–Crippen MR) is 64.1 cm³/mol. The van der Waals surface area contributed by atoms with E-state index in [4.69, 9.17) is 16.6 Å². The normalized spacial score (nSPS) is 21.6. The maximum atomic E-state index is 12.1. The molecule has 1 unspecified atom stereocenters. The number of nitrogens with two attached hydrogens (primary N) is 2. The zero-order valence-corrected chi connectivity index (χ0v) is 10.6. The molecule has 0 radical (unpaired) electrons. The third kappa shape index (κ3) is 3.82. The summed E-state index contributed by atoms with van der Waals surface area (Å²) in [6.07, 6.45) is -1.11. The van der Waals surface area contributed by atoms with E-state index in [1.165, 1.54) is 0 Å². The smallest absolute Gasteiger partial charge is 0.326 e. The molecule has 0 saturated carbocycles. The van der Waals surface area contributed by atoms with E-state index in [0.29, 0.717) is 0 Å². The maximum Gasteiger partial charge on any atom is 0.326 e. The molecule has 0 aromatic carbocycles. The lowest BCUT2D eigenvalue weighted by Crippen LogP contribution is -2.52. The molecule has 0 spiro atoms. The van der Waals surface area contributed by atoms with E-state index < -0.39 is 49.1 Å². The fourth-order valence-electron chi connectivity index (χ4n) is 2.01. The molecule has 1 heterocycles. The Kier molecular flexibility index (Phi) is 4.86. The van der Waals surface area contributed by atoms with Gasteiger partial charge in [0.05, 0.1) is 6.10 Å². The highest BCUT2D eigenvalue weighted by atomic mass is 16.4. The lowest BCUT2D eigenvalue weighted by molar-refractivity contribution is -0.141. The summed E-state index contributed by atoms with van der Waals surface area (Å²) in [5.74, 6) is -3.02. The average molecular weight is 288 g/mol. The molecule has 6 N–H and O–H groups in total. The zero-order chi connectivity index (χ0) is 15.4. The number of aliphatic carboxylic acids is 1. The number of β-amino-alcohol motifs (C(OH)–C–C–N with tert-alkyl or cyclic N) is 1. The average Bonchev–Trinajstić information content (AvgIpc) is 2.68. The summed E-state index contributed by atoms with van der Waals surface area (Å²) in [6.45, 7) is -1.34.